The number of halogens is 3. The molecular weight excluding hydrogens is 624 g/mol. The molecule has 2 amide bonds. The summed E-state index contributed by atoms with van der Waals surface area (Å²) >= 11 is 1.27. The fraction of sp³-hybridized carbons (Fsp3) is 0.484. The molecule has 0 saturated carbocycles. The summed E-state index contributed by atoms with van der Waals surface area (Å²) in [7, 11) is -2.59. The molecule has 4 rings (SSSR count). The van der Waals surface area contributed by atoms with Crippen LogP contribution in [0.5, 0.6) is 0 Å². The number of nitrogens with one attached hydrogen (secondary N) is 2. The minimum Gasteiger partial charge on any atom is -0.465 e. The lowest BCUT2D eigenvalue weighted by molar-refractivity contribution is -0.137. The van der Waals surface area contributed by atoms with Crippen molar-refractivity contribution in [2.24, 2.45) is 0 Å². The molecule has 0 bridgehead atoms. The monoisotopic (exact) mass is 663 g/mol. The van der Waals surface area contributed by atoms with Crippen LogP contribution in [0.25, 0.3) is 10.6 Å². The zero-order valence-corrected chi connectivity index (χ0v) is 28.5. The first kappa shape index (κ1) is 34.4. The number of anilines is 2. The quantitative estimate of drug-likeness (QED) is 0.199. The summed E-state index contributed by atoms with van der Waals surface area (Å²) in [5.74, 6) is -0.0721. The van der Waals surface area contributed by atoms with Crippen molar-refractivity contribution in [1.82, 2.24) is 15.1 Å². The number of alkyl halides is 3. The van der Waals surface area contributed by atoms with Gasteiger partial charge in [-0.25, -0.2) is 4.79 Å². The number of carbonyl (C=O) groups excluding carboxylic acids is 1. The average molecular weight is 664 g/mol. The van der Waals surface area contributed by atoms with Crippen LogP contribution in [-0.2, 0) is 21.8 Å². The molecule has 0 saturated heterocycles. The number of benzene rings is 2. The topological polar surface area (TPSA) is 117 Å². The molecule has 1 aliphatic heterocycles. The van der Waals surface area contributed by atoms with Crippen LogP contribution in [-0.4, -0.2) is 58.6 Å². The lowest BCUT2D eigenvalue weighted by atomic mass is 9.95. The third-order valence-electron chi connectivity index (χ3n) is 8.27. The van der Waals surface area contributed by atoms with Gasteiger partial charge < -0.3 is 20.2 Å². The molecule has 1 aliphatic rings. The summed E-state index contributed by atoms with van der Waals surface area (Å²) in [6.07, 6.45) is -6.32. The first-order chi connectivity index (χ1) is 20.7. The Hall–Kier alpha value is -3.49. The van der Waals surface area contributed by atoms with Crippen molar-refractivity contribution in [3.63, 3.8) is 0 Å². The van der Waals surface area contributed by atoms with E-state index in [1.807, 2.05) is 52.1 Å². The molecule has 0 aliphatic carbocycles. The molecule has 2 heterocycles. The number of nitrogens with zero attached hydrogens (tertiary/aromatic N) is 3. The van der Waals surface area contributed by atoms with E-state index in [9.17, 15) is 27.9 Å². The lowest BCUT2D eigenvalue weighted by Crippen LogP contribution is -2.57. The van der Waals surface area contributed by atoms with Crippen molar-refractivity contribution in [2.45, 2.75) is 90.0 Å². The summed E-state index contributed by atoms with van der Waals surface area (Å²) in [6.45, 7) is 15.5. The van der Waals surface area contributed by atoms with E-state index in [1.165, 1.54) is 28.4 Å². The highest BCUT2D eigenvalue weighted by Gasteiger charge is 2.45. The molecule has 0 spiro atoms. The van der Waals surface area contributed by atoms with Crippen LogP contribution in [0.15, 0.2) is 42.5 Å². The molecule has 3 N–H and O–H groups in total. The van der Waals surface area contributed by atoms with Crippen LogP contribution in [0.1, 0.15) is 64.3 Å². The second kappa shape index (κ2) is 12.4. The smallest absolute Gasteiger partial charge is 0.416 e. The number of carboxylic acid groups (broad SMARTS) is 1. The van der Waals surface area contributed by atoms with Gasteiger partial charge in [-0.15, -0.1) is 10.2 Å². The Morgan fingerprint density at radius 2 is 1.73 bits per heavy atom. The number of aromatic nitrogens is 2. The highest BCUT2D eigenvalue weighted by molar-refractivity contribution is 7.18. The zero-order chi connectivity index (χ0) is 33.5. The minimum absolute atomic E-state index is 0.0428. The fourth-order valence-electron chi connectivity index (χ4n) is 4.95. The van der Waals surface area contributed by atoms with Gasteiger partial charge in [0.25, 0.3) is 0 Å². The number of hydrogen-bond donors (Lipinski definition) is 3. The summed E-state index contributed by atoms with van der Waals surface area (Å²) in [5, 5.41) is 25.9. The van der Waals surface area contributed by atoms with Gasteiger partial charge in [0, 0.05) is 23.3 Å². The van der Waals surface area contributed by atoms with Crippen molar-refractivity contribution in [1.29, 1.82) is 0 Å². The molecule has 9 nitrogen and oxygen atoms in total. The van der Waals surface area contributed by atoms with Crippen molar-refractivity contribution >= 4 is 42.5 Å². The fourth-order valence-corrected chi connectivity index (χ4v) is 6.98. The number of rotatable bonds is 9. The Bertz CT molecular complexity index is 1550. The molecule has 244 valence electrons. The van der Waals surface area contributed by atoms with E-state index in [0.717, 1.165) is 28.9 Å². The first-order valence-corrected chi connectivity index (χ1v) is 18.3. The molecule has 2 atom stereocenters. The van der Waals surface area contributed by atoms with E-state index in [-0.39, 0.29) is 23.9 Å². The van der Waals surface area contributed by atoms with Crippen LogP contribution in [0, 0.1) is 0 Å². The van der Waals surface area contributed by atoms with Gasteiger partial charge in [-0.2, -0.15) is 13.2 Å². The average Bonchev–Trinajstić information content (AvgIpc) is 3.53. The van der Waals surface area contributed by atoms with E-state index in [2.05, 4.69) is 20.8 Å². The van der Waals surface area contributed by atoms with Gasteiger partial charge in [-0.1, -0.05) is 44.2 Å². The predicted molar refractivity (Wildman–Crippen MR) is 172 cm³/mol. The predicted octanol–water partition coefficient (Wildman–Crippen LogP) is 8.04. The van der Waals surface area contributed by atoms with E-state index in [0.29, 0.717) is 15.7 Å². The molecule has 2 aromatic carbocycles. The normalized spacial score (nSPS) is 15.3. The highest BCUT2D eigenvalue weighted by atomic mass is 32.1. The summed E-state index contributed by atoms with van der Waals surface area (Å²) in [5.41, 5.74) is 1.17. The number of amides is 2. The van der Waals surface area contributed by atoms with Crippen LogP contribution >= 0.6 is 11.3 Å². The number of hydrogen-bond acceptors (Lipinski definition) is 7. The maximum Gasteiger partial charge on any atom is 0.416 e. The van der Waals surface area contributed by atoms with Gasteiger partial charge >= 0.3 is 12.3 Å². The maximum atomic E-state index is 13.5. The van der Waals surface area contributed by atoms with Crippen molar-refractivity contribution in [3.8, 4) is 10.6 Å². The summed E-state index contributed by atoms with van der Waals surface area (Å²) < 4.78 is 47.3. The molecule has 0 fully saturated rings. The van der Waals surface area contributed by atoms with Gasteiger partial charge in [-0.3, -0.25) is 9.69 Å². The minimum atomic E-state index is -4.52. The standard InChI is InChI=1S/C31H40F3N5O4SSi/c1-29(2,3)39(28(41)42)23(17-35-27-38-37-26(44-27)19-11-14-22-20(15-19)16-24(40)36-22)25(43-45(7,8)30(4,5)6)18-9-12-21(13-10-18)31(32,33)34/h9-15,23,25H,16-17H2,1-8H3,(H,35,38)(H,36,40)(H,41,42)/t23-,25+/m1/s1. The Balaban J connectivity index is 1.72. The van der Waals surface area contributed by atoms with Gasteiger partial charge in [-0.05, 0) is 80.4 Å². The van der Waals surface area contributed by atoms with Crippen LogP contribution in [0.2, 0.25) is 18.1 Å². The van der Waals surface area contributed by atoms with Gasteiger partial charge in [0.05, 0.1) is 24.1 Å². The van der Waals surface area contributed by atoms with Crippen molar-refractivity contribution in [2.75, 3.05) is 17.2 Å². The number of carbonyl (C=O) groups is 2. The molecule has 14 heteroatoms. The van der Waals surface area contributed by atoms with Gasteiger partial charge in [0.15, 0.2) is 8.32 Å². The van der Waals surface area contributed by atoms with Gasteiger partial charge in [0.1, 0.15) is 5.01 Å². The SMILES string of the molecule is CC(C)(C)N(C(=O)O)[C@H](CNc1nnc(-c2ccc3c(c2)CC(=O)N3)s1)[C@@H](O[Si](C)(C)C(C)(C)C)c1ccc(C(F)(F)F)cc1. The van der Waals surface area contributed by atoms with Crippen molar-refractivity contribution < 1.29 is 32.3 Å². The molecule has 0 radical (unpaired) electrons. The van der Waals surface area contributed by atoms with Crippen LogP contribution < -0.4 is 10.6 Å². The second-order valence-corrected chi connectivity index (χ2v) is 19.4. The van der Waals surface area contributed by atoms with Crippen LogP contribution in [0.3, 0.4) is 0 Å². The van der Waals surface area contributed by atoms with E-state index in [1.54, 1.807) is 20.8 Å². The largest absolute Gasteiger partial charge is 0.465 e. The van der Waals surface area contributed by atoms with Crippen LogP contribution in [0.4, 0.5) is 28.8 Å². The molecule has 0 unspecified atom stereocenters. The Morgan fingerprint density at radius 1 is 1.09 bits per heavy atom. The highest BCUT2D eigenvalue weighted by Crippen LogP contribution is 2.43. The van der Waals surface area contributed by atoms with E-state index >= 15 is 0 Å². The third kappa shape index (κ3) is 7.84. The Labute approximate surface area is 266 Å². The van der Waals surface area contributed by atoms with Crippen molar-refractivity contribution in [3.05, 3.63) is 59.2 Å². The number of fused-ring (bicyclic) bond motifs is 1. The lowest BCUT2D eigenvalue weighted by Gasteiger charge is -2.47. The van der Waals surface area contributed by atoms with Gasteiger partial charge in [0.2, 0.25) is 11.0 Å². The second-order valence-electron chi connectivity index (χ2n) is 13.7. The molecule has 3 aromatic rings. The van der Waals surface area contributed by atoms with E-state index in [4.69, 9.17) is 4.43 Å². The third-order valence-corrected chi connectivity index (χ3v) is 13.7. The summed E-state index contributed by atoms with van der Waals surface area (Å²) in [6, 6.07) is 9.43. The zero-order valence-electron chi connectivity index (χ0n) is 26.7. The molecular formula is C31H40F3N5O4SSi. The maximum absolute atomic E-state index is 13.5. The molecule has 1 aromatic heterocycles. The van der Waals surface area contributed by atoms with E-state index < -0.39 is 43.8 Å². The first-order valence-electron chi connectivity index (χ1n) is 14.5. The Kier molecular flexibility index (Phi) is 9.45. The summed E-state index contributed by atoms with van der Waals surface area (Å²) in [4.78, 5) is 25.9. The molecule has 45 heavy (non-hydrogen) atoms. The Morgan fingerprint density at radius 3 is 2.29 bits per heavy atom.